The fourth-order valence-electron chi connectivity index (χ4n) is 3.15. The summed E-state index contributed by atoms with van der Waals surface area (Å²) in [6.45, 7) is 0. The molecule has 1 heterocycles. The minimum absolute atomic E-state index is 0.309. The maximum absolute atomic E-state index is 11.8. The van der Waals surface area contributed by atoms with Crippen LogP contribution in [0, 0.1) is 0 Å². The molecule has 0 amide bonds. The van der Waals surface area contributed by atoms with Gasteiger partial charge in [0, 0.05) is 30.1 Å². The van der Waals surface area contributed by atoms with E-state index in [1.807, 2.05) is 71.4 Å². The number of aromatic nitrogens is 2. The van der Waals surface area contributed by atoms with Crippen molar-refractivity contribution in [1.29, 1.82) is 0 Å². The van der Waals surface area contributed by atoms with E-state index >= 15 is 0 Å². The van der Waals surface area contributed by atoms with Crippen molar-refractivity contribution in [2.24, 2.45) is 0 Å². The van der Waals surface area contributed by atoms with E-state index in [9.17, 15) is 8.42 Å². The Kier molecular flexibility index (Phi) is 4.84. The van der Waals surface area contributed by atoms with Crippen molar-refractivity contribution in [3.05, 3.63) is 103 Å². The molecule has 4 aromatic rings. The monoisotopic (exact) mass is 388 g/mol. The van der Waals surface area contributed by atoms with Crippen LogP contribution in [-0.4, -0.2) is 24.2 Å². The third-order valence-electron chi connectivity index (χ3n) is 4.60. The fraction of sp³-hybridized carbons (Fsp3) is 0.0870. The van der Waals surface area contributed by atoms with Crippen LogP contribution in [0.5, 0.6) is 0 Å². The van der Waals surface area contributed by atoms with Gasteiger partial charge in [-0.3, -0.25) is 0 Å². The van der Waals surface area contributed by atoms with Gasteiger partial charge in [0.05, 0.1) is 10.6 Å². The van der Waals surface area contributed by atoms with E-state index in [0.29, 0.717) is 11.3 Å². The highest BCUT2D eigenvalue weighted by molar-refractivity contribution is 7.90. The number of imidazole rings is 1. The summed E-state index contributed by atoms with van der Waals surface area (Å²) in [7, 11) is -3.22. The van der Waals surface area contributed by atoms with Gasteiger partial charge in [-0.1, -0.05) is 60.7 Å². The zero-order valence-electron chi connectivity index (χ0n) is 15.5. The summed E-state index contributed by atoms with van der Waals surface area (Å²) in [6.07, 6.45) is 3.90. The van der Waals surface area contributed by atoms with Gasteiger partial charge in [-0.15, -0.1) is 0 Å². The first-order valence-electron chi connectivity index (χ1n) is 8.99. The van der Waals surface area contributed by atoms with Crippen LogP contribution in [0.2, 0.25) is 0 Å². The molecule has 0 aliphatic rings. The van der Waals surface area contributed by atoms with E-state index in [2.05, 4.69) is 12.1 Å². The van der Waals surface area contributed by atoms with Crippen LogP contribution in [0.25, 0.3) is 16.9 Å². The zero-order valence-corrected chi connectivity index (χ0v) is 16.3. The van der Waals surface area contributed by atoms with Crippen molar-refractivity contribution in [2.75, 3.05) is 6.26 Å². The van der Waals surface area contributed by atoms with Crippen molar-refractivity contribution < 1.29 is 8.42 Å². The minimum atomic E-state index is -3.22. The molecule has 0 aliphatic carbocycles. The third kappa shape index (κ3) is 3.89. The SMILES string of the molecule is CS(=O)(=O)c1ccc(-n2cc(-c3ccccc3)nc2Cc2ccccc2)cc1. The molecule has 0 aliphatic heterocycles. The molecule has 0 N–H and O–H groups in total. The molecule has 4 nitrogen and oxygen atoms in total. The van der Waals surface area contributed by atoms with E-state index < -0.39 is 9.84 Å². The third-order valence-corrected chi connectivity index (χ3v) is 5.73. The quantitative estimate of drug-likeness (QED) is 0.505. The van der Waals surface area contributed by atoms with Gasteiger partial charge in [-0.25, -0.2) is 13.4 Å². The van der Waals surface area contributed by atoms with Crippen molar-refractivity contribution in [3.63, 3.8) is 0 Å². The molecule has 5 heteroatoms. The Morgan fingerprint density at radius 2 is 1.43 bits per heavy atom. The fourth-order valence-corrected chi connectivity index (χ4v) is 3.78. The van der Waals surface area contributed by atoms with Gasteiger partial charge in [0.25, 0.3) is 0 Å². The Labute approximate surface area is 165 Å². The minimum Gasteiger partial charge on any atom is -0.303 e. The summed E-state index contributed by atoms with van der Waals surface area (Å²) < 4.78 is 25.5. The number of hydrogen-bond acceptors (Lipinski definition) is 3. The first-order valence-corrected chi connectivity index (χ1v) is 10.9. The van der Waals surface area contributed by atoms with Gasteiger partial charge >= 0.3 is 0 Å². The average Bonchev–Trinajstić information content (AvgIpc) is 3.13. The van der Waals surface area contributed by atoms with E-state index in [0.717, 1.165) is 22.8 Å². The molecule has 140 valence electrons. The van der Waals surface area contributed by atoms with E-state index in [1.165, 1.54) is 11.8 Å². The molecule has 0 saturated heterocycles. The molecule has 0 bridgehead atoms. The van der Waals surface area contributed by atoms with Crippen molar-refractivity contribution in [1.82, 2.24) is 9.55 Å². The Morgan fingerprint density at radius 1 is 0.821 bits per heavy atom. The van der Waals surface area contributed by atoms with Crippen LogP contribution in [-0.2, 0) is 16.3 Å². The first kappa shape index (κ1) is 18.2. The van der Waals surface area contributed by atoms with Crippen LogP contribution in [0.3, 0.4) is 0 Å². The highest BCUT2D eigenvalue weighted by Gasteiger charge is 2.13. The van der Waals surface area contributed by atoms with Gasteiger partial charge in [0.15, 0.2) is 9.84 Å². The molecule has 3 aromatic carbocycles. The number of hydrogen-bond donors (Lipinski definition) is 0. The molecular weight excluding hydrogens is 368 g/mol. The lowest BCUT2D eigenvalue weighted by molar-refractivity contribution is 0.602. The predicted molar refractivity (Wildman–Crippen MR) is 111 cm³/mol. The van der Waals surface area contributed by atoms with Crippen LogP contribution in [0.4, 0.5) is 0 Å². The second-order valence-corrected chi connectivity index (χ2v) is 8.72. The van der Waals surface area contributed by atoms with Gasteiger partial charge in [0.1, 0.15) is 5.82 Å². The van der Waals surface area contributed by atoms with E-state index in [4.69, 9.17) is 4.98 Å². The van der Waals surface area contributed by atoms with Gasteiger partial charge in [-0.2, -0.15) is 0 Å². The predicted octanol–water partition coefficient (Wildman–Crippen LogP) is 4.53. The van der Waals surface area contributed by atoms with Crippen molar-refractivity contribution in [3.8, 4) is 16.9 Å². The zero-order chi connectivity index (χ0) is 19.6. The summed E-state index contributed by atoms with van der Waals surface area (Å²) >= 11 is 0. The van der Waals surface area contributed by atoms with Gasteiger partial charge in [-0.05, 0) is 29.8 Å². The largest absolute Gasteiger partial charge is 0.303 e. The Balaban J connectivity index is 1.79. The molecular formula is C23H20N2O2S. The molecule has 1 aromatic heterocycles. The van der Waals surface area contributed by atoms with E-state index in [1.54, 1.807) is 12.1 Å². The van der Waals surface area contributed by atoms with Gasteiger partial charge in [0.2, 0.25) is 0 Å². The van der Waals surface area contributed by atoms with Gasteiger partial charge < -0.3 is 4.57 Å². The molecule has 0 spiro atoms. The lowest BCUT2D eigenvalue weighted by Crippen LogP contribution is -2.02. The molecule has 0 radical (unpaired) electrons. The summed E-state index contributed by atoms with van der Waals surface area (Å²) in [4.78, 5) is 5.18. The van der Waals surface area contributed by atoms with Crippen molar-refractivity contribution >= 4 is 9.84 Å². The average molecular weight is 388 g/mol. The normalized spacial score (nSPS) is 11.5. The number of benzene rings is 3. The Bertz CT molecular complexity index is 1180. The highest BCUT2D eigenvalue weighted by atomic mass is 32.2. The second-order valence-electron chi connectivity index (χ2n) is 6.71. The van der Waals surface area contributed by atoms with Crippen LogP contribution in [0.15, 0.2) is 96.0 Å². The number of nitrogens with zero attached hydrogens (tertiary/aromatic N) is 2. The summed E-state index contributed by atoms with van der Waals surface area (Å²) in [5.41, 5.74) is 3.98. The highest BCUT2D eigenvalue weighted by Crippen LogP contribution is 2.24. The maximum Gasteiger partial charge on any atom is 0.175 e. The van der Waals surface area contributed by atoms with E-state index in [-0.39, 0.29) is 0 Å². The molecule has 28 heavy (non-hydrogen) atoms. The smallest absolute Gasteiger partial charge is 0.175 e. The van der Waals surface area contributed by atoms with Crippen LogP contribution < -0.4 is 0 Å². The molecule has 0 unspecified atom stereocenters. The topological polar surface area (TPSA) is 52.0 Å². The summed E-state index contributed by atoms with van der Waals surface area (Å²) in [6, 6.07) is 27.1. The summed E-state index contributed by atoms with van der Waals surface area (Å²) in [5, 5.41) is 0. The van der Waals surface area contributed by atoms with Crippen LogP contribution in [0.1, 0.15) is 11.4 Å². The second kappa shape index (κ2) is 7.44. The lowest BCUT2D eigenvalue weighted by Gasteiger charge is -2.08. The first-order chi connectivity index (χ1) is 13.5. The molecule has 0 atom stereocenters. The molecule has 4 rings (SSSR count). The lowest BCUT2D eigenvalue weighted by atomic mass is 10.1. The maximum atomic E-state index is 11.8. The van der Waals surface area contributed by atoms with Crippen LogP contribution >= 0.6 is 0 Å². The summed E-state index contributed by atoms with van der Waals surface area (Å²) in [5.74, 6) is 0.900. The molecule has 0 saturated carbocycles. The standard InChI is InChI=1S/C23H20N2O2S/c1-28(26,27)21-14-12-20(13-15-21)25-17-22(19-10-6-3-7-11-19)24-23(25)16-18-8-4-2-5-9-18/h2-15,17H,16H2,1H3. The Morgan fingerprint density at radius 3 is 2.04 bits per heavy atom. The number of rotatable bonds is 5. The van der Waals surface area contributed by atoms with Crippen molar-refractivity contribution in [2.45, 2.75) is 11.3 Å². The number of sulfone groups is 1. The Hall–Kier alpha value is -3.18. The molecule has 0 fully saturated rings.